The van der Waals surface area contributed by atoms with E-state index < -0.39 is 0 Å². The first kappa shape index (κ1) is 13.4. The van der Waals surface area contributed by atoms with Gasteiger partial charge in [0.2, 0.25) is 5.89 Å². The summed E-state index contributed by atoms with van der Waals surface area (Å²) in [5.41, 5.74) is 5.86. The molecular formula is C10H19ClN4O. The van der Waals surface area contributed by atoms with Gasteiger partial charge in [0.1, 0.15) is 0 Å². The van der Waals surface area contributed by atoms with Crippen molar-refractivity contribution in [3.05, 3.63) is 11.7 Å². The van der Waals surface area contributed by atoms with Crippen LogP contribution in [0.4, 0.5) is 0 Å². The van der Waals surface area contributed by atoms with Crippen LogP contribution in [0.1, 0.15) is 38.0 Å². The van der Waals surface area contributed by atoms with E-state index in [9.17, 15) is 0 Å². The number of rotatable bonds is 3. The van der Waals surface area contributed by atoms with E-state index in [-0.39, 0.29) is 18.4 Å². The van der Waals surface area contributed by atoms with Gasteiger partial charge in [-0.25, -0.2) is 0 Å². The fraction of sp³-hybridized carbons (Fsp3) is 0.800. The molecule has 6 heteroatoms. The standard InChI is InChI=1S/C10H18N4O.ClH/c1-3-9-12-10(15-13-9)7(2)14-5-4-8(11)6-14;/h7-8H,3-6,11H2,1-2H3;1H/t7?,8-;/m0./s1. The predicted molar refractivity (Wildman–Crippen MR) is 63.5 cm³/mol. The van der Waals surface area contributed by atoms with Gasteiger partial charge in [-0.2, -0.15) is 4.98 Å². The summed E-state index contributed by atoms with van der Waals surface area (Å²) in [4.78, 5) is 6.63. The van der Waals surface area contributed by atoms with Gasteiger partial charge in [-0.15, -0.1) is 12.4 Å². The number of nitrogens with two attached hydrogens (primary N) is 1. The Morgan fingerprint density at radius 3 is 2.88 bits per heavy atom. The van der Waals surface area contributed by atoms with Crippen molar-refractivity contribution in [1.29, 1.82) is 0 Å². The Morgan fingerprint density at radius 2 is 2.38 bits per heavy atom. The summed E-state index contributed by atoms with van der Waals surface area (Å²) in [5, 5.41) is 3.90. The first-order valence-electron chi connectivity index (χ1n) is 5.52. The zero-order valence-electron chi connectivity index (χ0n) is 9.72. The fourth-order valence-electron chi connectivity index (χ4n) is 1.90. The zero-order chi connectivity index (χ0) is 10.8. The maximum absolute atomic E-state index is 5.86. The molecule has 0 amide bonds. The number of hydrogen-bond acceptors (Lipinski definition) is 5. The quantitative estimate of drug-likeness (QED) is 0.867. The largest absolute Gasteiger partial charge is 0.338 e. The summed E-state index contributed by atoms with van der Waals surface area (Å²) in [6.45, 7) is 6.05. The molecule has 1 aliphatic heterocycles. The molecule has 2 N–H and O–H groups in total. The van der Waals surface area contributed by atoms with Gasteiger partial charge in [0.25, 0.3) is 0 Å². The third kappa shape index (κ3) is 2.72. The van der Waals surface area contributed by atoms with Crippen LogP contribution in [0.25, 0.3) is 0 Å². The molecule has 1 aromatic heterocycles. The maximum atomic E-state index is 5.86. The number of likely N-dealkylation sites (tertiary alicyclic amines) is 1. The average Bonchev–Trinajstić information content (AvgIpc) is 2.84. The van der Waals surface area contributed by atoms with Crippen molar-refractivity contribution in [2.75, 3.05) is 13.1 Å². The lowest BCUT2D eigenvalue weighted by Crippen LogP contribution is -2.29. The molecule has 2 atom stereocenters. The van der Waals surface area contributed by atoms with E-state index in [4.69, 9.17) is 10.3 Å². The lowest BCUT2D eigenvalue weighted by Gasteiger charge is -2.20. The van der Waals surface area contributed by atoms with Gasteiger partial charge in [0, 0.05) is 25.6 Å². The third-order valence-electron chi connectivity index (χ3n) is 2.96. The molecule has 92 valence electrons. The van der Waals surface area contributed by atoms with Crippen LogP contribution in [0.15, 0.2) is 4.52 Å². The van der Waals surface area contributed by atoms with E-state index in [1.807, 2.05) is 6.92 Å². The second kappa shape index (κ2) is 5.61. The van der Waals surface area contributed by atoms with E-state index in [1.165, 1.54) is 0 Å². The van der Waals surface area contributed by atoms with Crippen LogP contribution in [0.2, 0.25) is 0 Å². The normalized spacial score (nSPS) is 23.1. The molecule has 1 saturated heterocycles. The van der Waals surface area contributed by atoms with E-state index in [1.54, 1.807) is 0 Å². The molecule has 2 rings (SSSR count). The Balaban J connectivity index is 0.00000128. The molecule has 16 heavy (non-hydrogen) atoms. The van der Waals surface area contributed by atoms with Gasteiger partial charge in [-0.05, 0) is 13.3 Å². The molecule has 2 heterocycles. The lowest BCUT2D eigenvalue weighted by atomic mass is 10.3. The number of halogens is 1. The third-order valence-corrected chi connectivity index (χ3v) is 2.96. The smallest absolute Gasteiger partial charge is 0.243 e. The Kier molecular flexibility index (Phi) is 4.70. The number of aryl methyl sites for hydroxylation is 1. The van der Waals surface area contributed by atoms with E-state index in [0.717, 1.165) is 31.8 Å². The van der Waals surface area contributed by atoms with E-state index in [0.29, 0.717) is 11.9 Å². The van der Waals surface area contributed by atoms with E-state index >= 15 is 0 Å². The van der Waals surface area contributed by atoms with Gasteiger partial charge in [0.05, 0.1) is 6.04 Å². The van der Waals surface area contributed by atoms with Crippen LogP contribution in [0, 0.1) is 0 Å². The molecule has 0 aliphatic carbocycles. The summed E-state index contributed by atoms with van der Waals surface area (Å²) in [6.07, 6.45) is 1.87. The number of hydrogen-bond donors (Lipinski definition) is 1. The summed E-state index contributed by atoms with van der Waals surface area (Å²) in [6, 6.07) is 0.479. The molecular weight excluding hydrogens is 228 g/mol. The highest BCUT2D eigenvalue weighted by molar-refractivity contribution is 5.85. The molecule has 5 nitrogen and oxygen atoms in total. The maximum Gasteiger partial charge on any atom is 0.243 e. The Hall–Kier alpha value is -0.650. The molecule has 1 fully saturated rings. The van der Waals surface area contributed by atoms with Gasteiger partial charge in [-0.1, -0.05) is 12.1 Å². The monoisotopic (exact) mass is 246 g/mol. The first-order valence-corrected chi connectivity index (χ1v) is 5.52. The SMILES string of the molecule is CCc1noc(C(C)N2CC[C@H](N)C2)n1.Cl. The molecule has 0 spiro atoms. The van der Waals surface area contributed by atoms with Crippen molar-refractivity contribution in [3.8, 4) is 0 Å². The van der Waals surface area contributed by atoms with Crippen molar-refractivity contribution < 1.29 is 4.52 Å². The molecule has 1 unspecified atom stereocenters. The van der Waals surface area contributed by atoms with Crippen LogP contribution in [-0.4, -0.2) is 34.2 Å². The zero-order valence-corrected chi connectivity index (χ0v) is 10.5. The second-order valence-corrected chi connectivity index (χ2v) is 4.12. The molecule has 1 aliphatic rings. The first-order chi connectivity index (χ1) is 7.20. The van der Waals surface area contributed by atoms with Crippen molar-refractivity contribution >= 4 is 12.4 Å². The average molecular weight is 247 g/mol. The van der Waals surface area contributed by atoms with Crippen molar-refractivity contribution in [2.24, 2.45) is 5.73 Å². The van der Waals surface area contributed by atoms with Crippen molar-refractivity contribution in [3.63, 3.8) is 0 Å². The minimum Gasteiger partial charge on any atom is -0.338 e. The van der Waals surface area contributed by atoms with Gasteiger partial charge < -0.3 is 10.3 Å². The second-order valence-electron chi connectivity index (χ2n) is 4.12. The van der Waals surface area contributed by atoms with E-state index in [2.05, 4.69) is 22.0 Å². The Morgan fingerprint density at radius 1 is 1.62 bits per heavy atom. The fourth-order valence-corrected chi connectivity index (χ4v) is 1.90. The minimum atomic E-state index is 0. The highest BCUT2D eigenvalue weighted by Gasteiger charge is 2.27. The Labute approximate surface area is 102 Å². The molecule has 1 aromatic rings. The summed E-state index contributed by atoms with van der Waals surface area (Å²) >= 11 is 0. The molecule has 0 bridgehead atoms. The molecule has 0 aromatic carbocycles. The number of nitrogens with zero attached hydrogens (tertiary/aromatic N) is 3. The molecule has 0 saturated carbocycles. The van der Waals surface area contributed by atoms with Gasteiger partial charge in [0.15, 0.2) is 5.82 Å². The molecule has 0 radical (unpaired) electrons. The van der Waals surface area contributed by atoms with Crippen LogP contribution in [0.5, 0.6) is 0 Å². The van der Waals surface area contributed by atoms with Crippen LogP contribution >= 0.6 is 12.4 Å². The van der Waals surface area contributed by atoms with Crippen molar-refractivity contribution in [1.82, 2.24) is 15.0 Å². The van der Waals surface area contributed by atoms with Gasteiger partial charge in [-0.3, -0.25) is 4.90 Å². The van der Waals surface area contributed by atoms with Crippen molar-refractivity contribution in [2.45, 2.75) is 38.8 Å². The minimum absolute atomic E-state index is 0. The van der Waals surface area contributed by atoms with Gasteiger partial charge >= 0.3 is 0 Å². The highest BCUT2D eigenvalue weighted by atomic mass is 35.5. The summed E-state index contributed by atoms with van der Waals surface area (Å²) < 4.78 is 5.22. The lowest BCUT2D eigenvalue weighted by molar-refractivity contribution is 0.207. The predicted octanol–water partition coefficient (Wildman–Crippen LogP) is 1.15. The number of aromatic nitrogens is 2. The highest BCUT2D eigenvalue weighted by Crippen LogP contribution is 2.22. The van der Waals surface area contributed by atoms with Crippen LogP contribution in [0.3, 0.4) is 0 Å². The summed E-state index contributed by atoms with van der Waals surface area (Å²) in [7, 11) is 0. The topological polar surface area (TPSA) is 68.2 Å². The Bertz CT molecular complexity index is 330. The summed E-state index contributed by atoms with van der Waals surface area (Å²) in [5.74, 6) is 1.49. The van der Waals surface area contributed by atoms with Crippen LogP contribution < -0.4 is 5.73 Å². The van der Waals surface area contributed by atoms with Crippen LogP contribution in [-0.2, 0) is 6.42 Å².